The first-order chi connectivity index (χ1) is 5.29. The molecular weight excluding hydrogens is 204 g/mol. The van der Waals surface area contributed by atoms with E-state index in [2.05, 4.69) is 32.4 Å². The first kappa shape index (κ1) is 7.35. The predicted octanol–water partition coefficient (Wildman–Crippen LogP) is 2.68. The highest BCUT2D eigenvalue weighted by Crippen LogP contribution is 2.34. The number of hydrogen-bond donors (Lipinski definition) is 0. The number of aromatic nitrogens is 2. The number of halogens is 1. The Morgan fingerprint density at radius 1 is 1.64 bits per heavy atom. The largest absolute Gasteiger partial charge is 0.320 e. The van der Waals surface area contributed by atoms with Gasteiger partial charge >= 0.3 is 0 Å². The van der Waals surface area contributed by atoms with E-state index in [1.807, 2.05) is 6.20 Å². The summed E-state index contributed by atoms with van der Waals surface area (Å²) in [6.45, 7) is 2.06. The lowest BCUT2D eigenvalue weighted by molar-refractivity contribution is 0.305. The molecule has 1 heterocycles. The SMILES string of the molecule is Cc1ncc(Br)n1C1CCC1. The van der Waals surface area contributed by atoms with E-state index >= 15 is 0 Å². The maximum Gasteiger partial charge on any atom is 0.106 e. The van der Waals surface area contributed by atoms with Crippen molar-refractivity contribution in [1.29, 1.82) is 0 Å². The van der Waals surface area contributed by atoms with Gasteiger partial charge in [-0.3, -0.25) is 0 Å². The second-order valence-electron chi connectivity index (χ2n) is 3.08. The Labute approximate surface area is 74.8 Å². The molecule has 1 aromatic rings. The van der Waals surface area contributed by atoms with Crippen LogP contribution in [-0.2, 0) is 0 Å². The van der Waals surface area contributed by atoms with E-state index in [4.69, 9.17) is 0 Å². The minimum Gasteiger partial charge on any atom is -0.320 e. The van der Waals surface area contributed by atoms with Gasteiger partial charge in [0.2, 0.25) is 0 Å². The summed E-state index contributed by atoms with van der Waals surface area (Å²) in [6.07, 6.45) is 5.88. The lowest BCUT2D eigenvalue weighted by Gasteiger charge is -2.28. The number of rotatable bonds is 1. The fraction of sp³-hybridized carbons (Fsp3) is 0.625. The summed E-state index contributed by atoms with van der Waals surface area (Å²) < 4.78 is 3.41. The van der Waals surface area contributed by atoms with Gasteiger partial charge in [0.15, 0.2) is 0 Å². The molecule has 60 valence electrons. The molecular formula is C8H11BrN2. The molecule has 0 aromatic carbocycles. The fourth-order valence-corrected chi connectivity index (χ4v) is 2.16. The van der Waals surface area contributed by atoms with Crippen molar-refractivity contribution in [3.8, 4) is 0 Å². The number of imidazole rings is 1. The van der Waals surface area contributed by atoms with Crippen LogP contribution in [0, 0.1) is 6.92 Å². The molecule has 2 nitrogen and oxygen atoms in total. The molecule has 3 heteroatoms. The van der Waals surface area contributed by atoms with E-state index in [-0.39, 0.29) is 0 Å². The van der Waals surface area contributed by atoms with Gasteiger partial charge in [0, 0.05) is 6.04 Å². The first-order valence-electron chi connectivity index (χ1n) is 3.98. The van der Waals surface area contributed by atoms with Crippen molar-refractivity contribution in [3.63, 3.8) is 0 Å². The second kappa shape index (κ2) is 2.63. The van der Waals surface area contributed by atoms with E-state index in [1.54, 1.807) is 0 Å². The van der Waals surface area contributed by atoms with Gasteiger partial charge in [-0.1, -0.05) is 0 Å². The molecule has 0 radical (unpaired) electrons. The van der Waals surface area contributed by atoms with Crippen LogP contribution in [0.5, 0.6) is 0 Å². The molecule has 1 saturated carbocycles. The molecule has 1 aromatic heterocycles. The van der Waals surface area contributed by atoms with Gasteiger partial charge in [-0.05, 0) is 42.1 Å². The van der Waals surface area contributed by atoms with Crippen LogP contribution in [0.2, 0.25) is 0 Å². The Morgan fingerprint density at radius 2 is 2.36 bits per heavy atom. The van der Waals surface area contributed by atoms with Crippen LogP contribution in [0.15, 0.2) is 10.8 Å². The van der Waals surface area contributed by atoms with Crippen LogP contribution < -0.4 is 0 Å². The predicted molar refractivity (Wildman–Crippen MR) is 47.6 cm³/mol. The summed E-state index contributed by atoms with van der Waals surface area (Å²) in [4.78, 5) is 4.24. The molecule has 1 aliphatic carbocycles. The Kier molecular flexibility index (Phi) is 1.75. The molecule has 0 amide bonds. The highest BCUT2D eigenvalue weighted by molar-refractivity contribution is 9.10. The van der Waals surface area contributed by atoms with Crippen molar-refractivity contribution < 1.29 is 0 Å². The second-order valence-corrected chi connectivity index (χ2v) is 3.90. The zero-order chi connectivity index (χ0) is 7.84. The zero-order valence-corrected chi connectivity index (χ0v) is 8.13. The third kappa shape index (κ3) is 1.11. The zero-order valence-electron chi connectivity index (χ0n) is 6.55. The summed E-state index contributed by atoms with van der Waals surface area (Å²) in [5.74, 6) is 1.13. The van der Waals surface area contributed by atoms with Gasteiger partial charge in [-0.25, -0.2) is 4.98 Å². The summed E-state index contributed by atoms with van der Waals surface area (Å²) in [6, 6.07) is 0.715. The minimum absolute atomic E-state index is 0.715. The smallest absolute Gasteiger partial charge is 0.106 e. The molecule has 0 spiro atoms. The standard InChI is InChI=1S/C8H11BrN2/c1-6-10-5-8(9)11(6)7-3-2-4-7/h5,7H,2-4H2,1H3. The van der Waals surface area contributed by atoms with Crippen molar-refractivity contribution in [1.82, 2.24) is 9.55 Å². The Balaban J connectivity index is 2.33. The molecule has 1 aliphatic rings. The Bertz CT molecular complexity index is 244. The average molecular weight is 215 g/mol. The molecule has 0 bridgehead atoms. The molecule has 0 aliphatic heterocycles. The van der Waals surface area contributed by atoms with Gasteiger partial charge in [-0.15, -0.1) is 0 Å². The first-order valence-corrected chi connectivity index (χ1v) is 4.77. The highest BCUT2D eigenvalue weighted by Gasteiger charge is 2.22. The summed E-state index contributed by atoms with van der Waals surface area (Å²) in [7, 11) is 0. The van der Waals surface area contributed by atoms with E-state index in [0.717, 1.165) is 10.4 Å². The topological polar surface area (TPSA) is 17.8 Å². The van der Waals surface area contributed by atoms with Crippen LogP contribution in [0.4, 0.5) is 0 Å². The van der Waals surface area contributed by atoms with E-state index < -0.39 is 0 Å². The fourth-order valence-electron chi connectivity index (χ4n) is 1.51. The van der Waals surface area contributed by atoms with Crippen molar-refractivity contribution in [2.45, 2.75) is 32.2 Å². The Hall–Kier alpha value is -0.310. The summed E-state index contributed by atoms with van der Waals surface area (Å²) in [5.41, 5.74) is 0. The minimum atomic E-state index is 0.715. The lowest BCUT2D eigenvalue weighted by Crippen LogP contribution is -2.18. The Morgan fingerprint density at radius 3 is 2.73 bits per heavy atom. The number of hydrogen-bond acceptors (Lipinski definition) is 1. The third-order valence-corrected chi connectivity index (χ3v) is 2.96. The van der Waals surface area contributed by atoms with Crippen LogP contribution in [0.1, 0.15) is 31.1 Å². The highest BCUT2D eigenvalue weighted by atomic mass is 79.9. The van der Waals surface area contributed by atoms with Crippen molar-refractivity contribution in [2.75, 3.05) is 0 Å². The molecule has 0 saturated heterocycles. The van der Waals surface area contributed by atoms with Gasteiger partial charge in [0.25, 0.3) is 0 Å². The van der Waals surface area contributed by atoms with E-state index in [9.17, 15) is 0 Å². The van der Waals surface area contributed by atoms with Crippen LogP contribution in [-0.4, -0.2) is 9.55 Å². The molecule has 2 rings (SSSR count). The van der Waals surface area contributed by atoms with Gasteiger partial charge in [0.1, 0.15) is 10.4 Å². The lowest BCUT2D eigenvalue weighted by atomic mass is 9.93. The van der Waals surface area contributed by atoms with Crippen molar-refractivity contribution >= 4 is 15.9 Å². The number of aryl methyl sites for hydroxylation is 1. The maximum atomic E-state index is 4.24. The van der Waals surface area contributed by atoms with Gasteiger partial charge in [0.05, 0.1) is 6.20 Å². The van der Waals surface area contributed by atoms with Crippen molar-refractivity contribution in [2.24, 2.45) is 0 Å². The van der Waals surface area contributed by atoms with Gasteiger partial charge < -0.3 is 4.57 Å². The quantitative estimate of drug-likeness (QED) is 0.704. The third-order valence-electron chi connectivity index (χ3n) is 2.38. The average Bonchev–Trinajstić information content (AvgIpc) is 2.15. The molecule has 11 heavy (non-hydrogen) atoms. The van der Waals surface area contributed by atoms with E-state index in [0.29, 0.717) is 6.04 Å². The molecule has 0 atom stereocenters. The van der Waals surface area contributed by atoms with Crippen LogP contribution in [0.3, 0.4) is 0 Å². The number of nitrogens with zero attached hydrogens (tertiary/aromatic N) is 2. The molecule has 0 unspecified atom stereocenters. The molecule has 0 N–H and O–H groups in total. The van der Waals surface area contributed by atoms with E-state index in [1.165, 1.54) is 19.3 Å². The van der Waals surface area contributed by atoms with Gasteiger partial charge in [-0.2, -0.15) is 0 Å². The maximum absolute atomic E-state index is 4.24. The van der Waals surface area contributed by atoms with Crippen LogP contribution >= 0.6 is 15.9 Å². The normalized spacial score (nSPS) is 18.4. The monoisotopic (exact) mass is 214 g/mol. The summed E-state index contributed by atoms with van der Waals surface area (Å²) in [5, 5.41) is 0. The molecule has 1 fully saturated rings. The van der Waals surface area contributed by atoms with Crippen LogP contribution in [0.25, 0.3) is 0 Å². The summed E-state index contributed by atoms with van der Waals surface area (Å²) >= 11 is 3.49. The van der Waals surface area contributed by atoms with Crippen molar-refractivity contribution in [3.05, 3.63) is 16.6 Å².